The summed E-state index contributed by atoms with van der Waals surface area (Å²) < 4.78 is 28.3. The van der Waals surface area contributed by atoms with E-state index in [1.807, 2.05) is 0 Å². The summed E-state index contributed by atoms with van der Waals surface area (Å²) >= 11 is 0. The zero-order valence-electron chi connectivity index (χ0n) is 11.7. The van der Waals surface area contributed by atoms with E-state index in [0.29, 0.717) is 5.56 Å². The van der Waals surface area contributed by atoms with Crippen molar-refractivity contribution in [3.05, 3.63) is 29.8 Å². The van der Waals surface area contributed by atoms with Crippen LogP contribution in [0.2, 0.25) is 0 Å². The molecule has 1 aromatic rings. The van der Waals surface area contributed by atoms with Crippen LogP contribution in [0.15, 0.2) is 24.3 Å². The third-order valence-electron chi connectivity index (χ3n) is 3.65. The van der Waals surface area contributed by atoms with Crippen LogP contribution in [-0.2, 0) is 0 Å². The van der Waals surface area contributed by atoms with E-state index in [2.05, 4.69) is 23.9 Å². The Hall–Kier alpha value is -1.65. The third-order valence-corrected chi connectivity index (χ3v) is 3.65. The maximum atomic E-state index is 12.0. The molecule has 0 aromatic heterocycles. The van der Waals surface area contributed by atoms with E-state index in [-0.39, 0.29) is 23.1 Å². The Morgan fingerprint density at radius 1 is 1.35 bits per heavy atom. The Kier molecular flexibility index (Phi) is 4.26. The van der Waals surface area contributed by atoms with E-state index in [1.165, 1.54) is 24.3 Å². The minimum Gasteiger partial charge on any atom is -0.435 e. The zero-order valence-corrected chi connectivity index (χ0v) is 11.7. The lowest BCUT2D eigenvalue weighted by atomic mass is 9.92. The predicted molar refractivity (Wildman–Crippen MR) is 72.0 cm³/mol. The number of alkyl halides is 2. The number of carbonyl (C=O) groups excluding carboxylic acids is 1. The lowest BCUT2D eigenvalue weighted by molar-refractivity contribution is -0.0498. The summed E-state index contributed by atoms with van der Waals surface area (Å²) in [6, 6.07) is 5.93. The number of halogens is 2. The van der Waals surface area contributed by atoms with E-state index in [4.69, 9.17) is 0 Å². The predicted octanol–water partition coefficient (Wildman–Crippen LogP) is 3.60. The molecule has 1 aliphatic rings. The second-order valence-electron chi connectivity index (χ2n) is 5.98. The molecule has 110 valence electrons. The van der Waals surface area contributed by atoms with Gasteiger partial charge >= 0.3 is 6.61 Å². The fourth-order valence-electron chi connectivity index (χ4n) is 2.62. The maximum Gasteiger partial charge on any atom is 0.387 e. The molecule has 0 aliphatic heterocycles. The normalized spacial score (nSPS) is 20.9. The molecule has 5 heteroatoms. The van der Waals surface area contributed by atoms with E-state index in [9.17, 15) is 13.6 Å². The van der Waals surface area contributed by atoms with Crippen LogP contribution in [0, 0.1) is 5.41 Å². The number of benzene rings is 1. The molecule has 1 N–H and O–H groups in total. The van der Waals surface area contributed by atoms with Crippen LogP contribution < -0.4 is 10.1 Å². The van der Waals surface area contributed by atoms with Gasteiger partial charge < -0.3 is 10.1 Å². The van der Waals surface area contributed by atoms with E-state index in [0.717, 1.165) is 19.3 Å². The van der Waals surface area contributed by atoms with Gasteiger partial charge in [0.05, 0.1) is 0 Å². The number of carbonyl (C=O) groups is 1. The number of nitrogens with one attached hydrogen (secondary N) is 1. The third kappa shape index (κ3) is 3.92. The highest BCUT2D eigenvalue weighted by Crippen LogP contribution is 2.36. The smallest absolute Gasteiger partial charge is 0.387 e. The van der Waals surface area contributed by atoms with Gasteiger partial charge in [0.1, 0.15) is 5.75 Å². The first kappa shape index (κ1) is 14.8. The summed E-state index contributed by atoms with van der Waals surface area (Å²) in [5, 5.41) is 2.98. The van der Waals surface area contributed by atoms with Gasteiger partial charge in [-0.3, -0.25) is 4.79 Å². The molecule has 1 unspecified atom stereocenters. The molecule has 20 heavy (non-hydrogen) atoms. The first-order valence-electron chi connectivity index (χ1n) is 6.71. The summed E-state index contributed by atoms with van der Waals surface area (Å²) in [7, 11) is 0. The van der Waals surface area contributed by atoms with Crippen LogP contribution >= 0.6 is 0 Å². The molecule has 0 heterocycles. The Balaban J connectivity index is 1.93. The van der Waals surface area contributed by atoms with Crippen molar-refractivity contribution in [1.82, 2.24) is 5.32 Å². The summed E-state index contributed by atoms with van der Waals surface area (Å²) in [6.45, 7) is 1.53. The first-order valence-corrected chi connectivity index (χ1v) is 6.71. The second-order valence-corrected chi connectivity index (χ2v) is 5.98. The summed E-state index contributed by atoms with van der Waals surface area (Å²) in [5.74, 6) is -0.116. The van der Waals surface area contributed by atoms with E-state index < -0.39 is 6.61 Å². The van der Waals surface area contributed by atoms with Gasteiger partial charge in [-0.25, -0.2) is 0 Å². The minimum atomic E-state index is -2.85. The molecule has 1 fully saturated rings. The van der Waals surface area contributed by atoms with Crippen LogP contribution in [-0.4, -0.2) is 18.6 Å². The van der Waals surface area contributed by atoms with Gasteiger partial charge in [0.2, 0.25) is 0 Å². The Labute approximate surface area is 117 Å². The van der Waals surface area contributed by atoms with Crippen LogP contribution in [0.3, 0.4) is 0 Å². The lowest BCUT2D eigenvalue weighted by Crippen LogP contribution is -2.33. The summed E-state index contributed by atoms with van der Waals surface area (Å²) in [4.78, 5) is 12.0. The SMILES string of the molecule is CC1(C)CCC(NC(=O)c2ccc(OC(F)F)cc2)C1. The highest BCUT2D eigenvalue weighted by atomic mass is 19.3. The Morgan fingerprint density at radius 3 is 2.50 bits per heavy atom. The van der Waals surface area contributed by atoms with Crippen molar-refractivity contribution in [2.75, 3.05) is 0 Å². The van der Waals surface area contributed by atoms with Crippen molar-refractivity contribution < 1.29 is 18.3 Å². The van der Waals surface area contributed by atoms with E-state index >= 15 is 0 Å². The van der Waals surface area contributed by atoms with Gasteiger partial charge in [0.25, 0.3) is 5.91 Å². The molecule has 1 atom stereocenters. The Bertz CT molecular complexity index is 471. The molecule has 1 saturated carbocycles. The quantitative estimate of drug-likeness (QED) is 0.917. The molecule has 0 spiro atoms. The second kappa shape index (κ2) is 5.77. The van der Waals surface area contributed by atoms with Gasteiger partial charge in [-0.2, -0.15) is 8.78 Å². The molecule has 0 bridgehead atoms. The Morgan fingerprint density at radius 2 is 2.00 bits per heavy atom. The van der Waals surface area contributed by atoms with Crippen molar-refractivity contribution >= 4 is 5.91 Å². The van der Waals surface area contributed by atoms with Crippen molar-refractivity contribution in [2.45, 2.75) is 45.8 Å². The van der Waals surface area contributed by atoms with Gasteiger partial charge in [0, 0.05) is 11.6 Å². The number of hydrogen-bond donors (Lipinski definition) is 1. The van der Waals surface area contributed by atoms with Crippen molar-refractivity contribution in [1.29, 1.82) is 0 Å². The molecule has 0 radical (unpaired) electrons. The molecule has 2 rings (SSSR count). The average molecular weight is 283 g/mol. The van der Waals surface area contributed by atoms with Gasteiger partial charge in [-0.1, -0.05) is 13.8 Å². The fraction of sp³-hybridized carbons (Fsp3) is 0.533. The standard InChI is InChI=1S/C15H19F2NO2/c1-15(2)8-7-11(9-15)18-13(19)10-3-5-12(6-4-10)20-14(16)17/h3-6,11,14H,7-9H2,1-2H3,(H,18,19). The van der Waals surface area contributed by atoms with Crippen molar-refractivity contribution in [2.24, 2.45) is 5.41 Å². The first-order chi connectivity index (χ1) is 9.35. The van der Waals surface area contributed by atoms with E-state index in [1.54, 1.807) is 0 Å². The molecule has 1 aliphatic carbocycles. The van der Waals surface area contributed by atoms with Gasteiger partial charge in [-0.05, 0) is 48.9 Å². The highest BCUT2D eigenvalue weighted by Gasteiger charge is 2.31. The largest absolute Gasteiger partial charge is 0.435 e. The lowest BCUT2D eigenvalue weighted by Gasteiger charge is -2.18. The number of rotatable bonds is 4. The molecular weight excluding hydrogens is 264 g/mol. The van der Waals surface area contributed by atoms with Crippen molar-refractivity contribution in [3.63, 3.8) is 0 Å². The fourth-order valence-corrected chi connectivity index (χ4v) is 2.62. The molecule has 1 amide bonds. The highest BCUT2D eigenvalue weighted by molar-refractivity contribution is 5.94. The molecule has 3 nitrogen and oxygen atoms in total. The number of amides is 1. The summed E-state index contributed by atoms with van der Waals surface area (Å²) in [5.41, 5.74) is 0.726. The zero-order chi connectivity index (χ0) is 14.8. The van der Waals surface area contributed by atoms with Crippen molar-refractivity contribution in [3.8, 4) is 5.75 Å². The monoisotopic (exact) mass is 283 g/mol. The van der Waals surface area contributed by atoms with Crippen LogP contribution in [0.1, 0.15) is 43.5 Å². The minimum absolute atomic E-state index is 0.0542. The van der Waals surface area contributed by atoms with Gasteiger partial charge in [0.15, 0.2) is 0 Å². The maximum absolute atomic E-state index is 12.0. The van der Waals surface area contributed by atoms with Crippen LogP contribution in [0.4, 0.5) is 8.78 Å². The molecule has 1 aromatic carbocycles. The van der Waals surface area contributed by atoms with Gasteiger partial charge in [-0.15, -0.1) is 0 Å². The van der Waals surface area contributed by atoms with Crippen LogP contribution in [0.25, 0.3) is 0 Å². The summed E-state index contributed by atoms with van der Waals surface area (Å²) in [6.07, 6.45) is 3.04. The topological polar surface area (TPSA) is 38.3 Å². The molecular formula is C15H19F2NO2. The number of hydrogen-bond acceptors (Lipinski definition) is 2. The van der Waals surface area contributed by atoms with Crippen LogP contribution in [0.5, 0.6) is 5.75 Å². The molecule has 0 saturated heterocycles. The number of ether oxygens (including phenoxy) is 1. The average Bonchev–Trinajstić information content (AvgIpc) is 2.68.